The molecule has 0 amide bonds. The first-order valence-corrected chi connectivity index (χ1v) is 9.24. The van der Waals surface area contributed by atoms with Gasteiger partial charge < -0.3 is 23.8 Å². The predicted octanol–water partition coefficient (Wildman–Crippen LogP) is 0.632. The molecule has 1 saturated heterocycles. The van der Waals surface area contributed by atoms with E-state index < -0.39 is 0 Å². The molecule has 0 radical (unpaired) electrons. The van der Waals surface area contributed by atoms with Crippen molar-refractivity contribution in [2.45, 2.75) is 6.10 Å². The average Bonchev–Trinajstić information content (AvgIpc) is 3.11. The van der Waals surface area contributed by atoms with Gasteiger partial charge in [-0.3, -0.25) is 9.80 Å². The Kier molecular flexibility index (Phi) is 5.18. The van der Waals surface area contributed by atoms with E-state index in [1.54, 1.807) is 14.2 Å². The summed E-state index contributed by atoms with van der Waals surface area (Å²) in [6.07, 6.45) is 0.939. The summed E-state index contributed by atoms with van der Waals surface area (Å²) < 4.78 is 16.8. The molecule has 3 heterocycles. The van der Waals surface area contributed by atoms with Crippen LogP contribution in [0.2, 0.25) is 0 Å². The maximum atomic E-state index is 10.7. The van der Waals surface area contributed by atoms with Gasteiger partial charge in [0.2, 0.25) is 0 Å². The van der Waals surface area contributed by atoms with Gasteiger partial charge in [0.15, 0.2) is 17.6 Å². The van der Waals surface area contributed by atoms with Crippen LogP contribution in [-0.2, 0) is 9.63 Å². The lowest BCUT2D eigenvalue weighted by atomic mass is 9.90. The molecule has 0 aliphatic carbocycles. The lowest BCUT2D eigenvalue weighted by Crippen LogP contribution is -2.50. The van der Waals surface area contributed by atoms with E-state index in [0.29, 0.717) is 24.7 Å². The number of aldehydes is 1. The van der Waals surface area contributed by atoms with Crippen LogP contribution in [0, 0.1) is 5.92 Å². The molecule has 4 rings (SSSR count). The van der Waals surface area contributed by atoms with Gasteiger partial charge in [-0.05, 0) is 6.07 Å². The van der Waals surface area contributed by atoms with Crippen molar-refractivity contribution in [3.8, 4) is 17.2 Å². The predicted molar refractivity (Wildman–Crippen MR) is 98.9 cm³/mol. The van der Waals surface area contributed by atoms with Crippen LogP contribution in [0.15, 0.2) is 17.3 Å². The molecular formula is C19H25N3O5. The highest BCUT2D eigenvalue weighted by atomic mass is 16.6. The molecule has 1 aromatic rings. The monoisotopic (exact) mass is 375 g/mol. The lowest BCUT2D eigenvalue weighted by molar-refractivity contribution is -0.109. The fourth-order valence-corrected chi connectivity index (χ4v) is 3.91. The van der Waals surface area contributed by atoms with E-state index in [2.05, 4.69) is 15.0 Å². The minimum Gasteiger partial charge on any atom is -0.493 e. The zero-order chi connectivity index (χ0) is 18.8. The minimum atomic E-state index is -0.0288. The minimum absolute atomic E-state index is 0.0288. The first-order chi connectivity index (χ1) is 13.2. The summed E-state index contributed by atoms with van der Waals surface area (Å²) in [5.41, 5.74) is 1.82. The van der Waals surface area contributed by atoms with E-state index in [9.17, 15) is 4.79 Å². The molecule has 8 nitrogen and oxygen atoms in total. The van der Waals surface area contributed by atoms with Gasteiger partial charge in [-0.15, -0.1) is 0 Å². The molecule has 3 aliphatic heterocycles. The number of ether oxygens (including phenoxy) is 3. The van der Waals surface area contributed by atoms with Gasteiger partial charge in [-0.2, -0.15) is 0 Å². The first-order valence-electron chi connectivity index (χ1n) is 9.24. The molecule has 8 heteroatoms. The maximum Gasteiger partial charge on any atom is 0.164 e. The van der Waals surface area contributed by atoms with Gasteiger partial charge in [-0.1, -0.05) is 5.16 Å². The molecule has 1 fully saturated rings. The highest BCUT2D eigenvalue weighted by molar-refractivity contribution is 6.06. The van der Waals surface area contributed by atoms with Crippen molar-refractivity contribution >= 4 is 12.0 Å². The smallest absolute Gasteiger partial charge is 0.164 e. The molecule has 0 N–H and O–H groups in total. The van der Waals surface area contributed by atoms with Crippen LogP contribution >= 0.6 is 0 Å². The maximum absolute atomic E-state index is 10.7. The standard InChI is InChI=1S/C19H25N3O5/c1-24-16-9-13-15(10-17(16)25-2)26-12-14-18(27-20-19(13)14)11-22-5-3-21(4-6-22)7-8-23/h8-10,14,18H,3-7,11-12H2,1-2H3. The average molecular weight is 375 g/mol. The fraction of sp³-hybridized carbons (Fsp3) is 0.579. The number of piperazine rings is 1. The number of hydrogen-bond acceptors (Lipinski definition) is 8. The molecule has 27 heavy (non-hydrogen) atoms. The van der Waals surface area contributed by atoms with Crippen molar-refractivity contribution in [1.29, 1.82) is 0 Å². The van der Waals surface area contributed by atoms with Crippen molar-refractivity contribution < 1.29 is 23.8 Å². The van der Waals surface area contributed by atoms with Gasteiger partial charge in [0, 0.05) is 44.4 Å². The van der Waals surface area contributed by atoms with Crippen LogP contribution < -0.4 is 14.2 Å². The number of methoxy groups -OCH3 is 2. The van der Waals surface area contributed by atoms with E-state index in [4.69, 9.17) is 19.0 Å². The van der Waals surface area contributed by atoms with Crippen molar-refractivity contribution in [3.05, 3.63) is 17.7 Å². The number of benzene rings is 1. The van der Waals surface area contributed by atoms with Gasteiger partial charge >= 0.3 is 0 Å². The Morgan fingerprint density at radius 3 is 2.56 bits per heavy atom. The SMILES string of the molecule is COc1cc2c(cc1OC)C1=NOC(CN3CCN(CC=O)CC3)C1CO2. The third-order valence-electron chi connectivity index (χ3n) is 5.50. The van der Waals surface area contributed by atoms with E-state index in [1.807, 2.05) is 12.1 Å². The molecule has 2 unspecified atom stereocenters. The molecule has 0 saturated carbocycles. The zero-order valence-corrected chi connectivity index (χ0v) is 15.7. The number of carbonyl (C=O) groups is 1. The van der Waals surface area contributed by atoms with Crippen molar-refractivity contribution in [1.82, 2.24) is 9.80 Å². The second-order valence-electron chi connectivity index (χ2n) is 7.01. The Labute approximate surface area is 158 Å². The van der Waals surface area contributed by atoms with E-state index in [-0.39, 0.29) is 12.0 Å². The molecule has 146 valence electrons. The summed E-state index contributed by atoms with van der Waals surface area (Å²) >= 11 is 0. The zero-order valence-electron chi connectivity index (χ0n) is 15.7. The summed E-state index contributed by atoms with van der Waals surface area (Å²) in [7, 11) is 3.22. The number of rotatable bonds is 6. The molecule has 0 aromatic heterocycles. The number of nitrogens with zero attached hydrogens (tertiary/aromatic N) is 3. The summed E-state index contributed by atoms with van der Waals surface area (Å²) in [6.45, 7) is 5.52. The van der Waals surface area contributed by atoms with Gasteiger partial charge in [0.25, 0.3) is 0 Å². The van der Waals surface area contributed by atoms with Crippen molar-refractivity contribution in [2.75, 3.05) is 60.1 Å². The summed E-state index contributed by atoms with van der Waals surface area (Å²) in [6, 6.07) is 3.75. The largest absolute Gasteiger partial charge is 0.493 e. The Hall–Kier alpha value is -2.32. The van der Waals surface area contributed by atoms with Crippen molar-refractivity contribution in [3.63, 3.8) is 0 Å². The number of hydrogen-bond donors (Lipinski definition) is 0. The third-order valence-corrected chi connectivity index (χ3v) is 5.50. The second-order valence-corrected chi connectivity index (χ2v) is 7.01. The van der Waals surface area contributed by atoms with Crippen molar-refractivity contribution in [2.24, 2.45) is 11.1 Å². The van der Waals surface area contributed by atoms with E-state index in [1.165, 1.54) is 0 Å². The van der Waals surface area contributed by atoms with Gasteiger partial charge in [-0.25, -0.2) is 0 Å². The molecule has 0 bridgehead atoms. The lowest BCUT2D eigenvalue weighted by Gasteiger charge is -2.35. The number of oxime groups is 1. The first kappa shape index (κ1) is 18.1. The van der Waals surface area contributed by atoms with E-state index >= 15 is 0 Å². The molecular weight excluding hydrogens is 350 g/mol. The quantitative estimate of drug-likeness (QED) is 0.676. The summed E-state index contributed by atoms with van der Waals surface area (Å²) in [5, 5.41) is 4.38. The van der Waals surface area contributed by atoms with Crippen LogP contribution in [-0.4, -0.2) is 88.0 Å². The van der Waals surface area contributed by atoms with Crippen LogP contribution in [0.25, 0.3) is 0 Å². The highest BCUT2D eigenvalue weighted by Gasteiger charge is 2.41. The Morgan fingerprint density at radius 1 is 1.15 bits per heavy atom. The van der Waals surface area contributed by atoms with Crippen LogP contribution in [0.5, 0.6) is 17.2 Å². The Morgan fingerprint density at radius 2 is 1.85 bits per heavy atom. The highest BCUT2D eigenvalue weighted by Crippen LogP contribution is 2.40. The normalized spacial score (nSPS) is 24.9. The topological polar surface area (TPSA) is 72.8 Å². The number of fused-ring (bicyclic) bond motifs is 3. The second kappa shape index (κ2) is 7.74. The molecule has 3 aliphatic rings. The Bertz CT molecular complexity index is 730. The third kappa shape index (κ3) is 3.46. The molecule has 2 atom stereocenters. The van der Waals surface area contributed by atoms with Crippen LogP contribution in [0.4, 0.5) is 0 Å². The van der Waals surface area contributed by atoms with Crippen LogP contribution in [0.1, 0.15) is 5.56 Å². The fourth-order valence-electron chi connectivity index (χ4n) is 3.91. The van der Waals surface area contributed by atoms with Gasteiger partial charge in [0.05, 0.1) is 26.7 Å². The molecule has 1 aromatic carbocycles. The summed E-state index contributed by atoms with van der Waals surface area (Å²) in [4.78, 5) is 21.0. The Balaban J connectivity index is 1.44. The van der Waals surface area contributed by atoms with E-state index in [0.717, 1.165) is 56.0 Å². The number of carbonyl (C=O) groups excluding carboxylic acids is 1. The van der Waals surface area contributed by atoms with Gasteiger partial charge in [0.1, 0.15) is 24.4 Å². The molecule has 0 spiro atoms. The van der Waals surface area contributed by atoms with Crippen LogP contribution in [0.3, 0.4) is 0 Å². The summed E-state index contributed by atoms with van der Waals surface area (Å²) in [5.74, 6) is 2.13.